The van der Waals surface area contributed by atoms with Gasteiger partial charge in [-0.05, 0) is 23.2 Å². The molecule has 0 aliphatic carbocycles. The Morgan fingerprint density at radius 1 is 1.12 bits per heavy atom. The molecular formula is C14H29NO. The van der Waals surface area contributed by atoms with Crippen molar-refractivity contribution in [3.63, 3.8) is 0 Å². The third kappa shape index (κ3) is 8.75. The van der Waals surface area contributed by atoms with Crippen molar-refractivity contribution in [3.8, 4) is 0 Å². The van der Waals surface area contributed by atoms with Crippen LogP contribution in [0.25, 0.3) is 0 Å². The standard InChI is InChI=1S/C14H29NO/c1-11(2)8-14(6,7)10-15-12(16)9-13(3,4)5/h11H,8-10H2,1-7H3,(H,15,16). The quantitative estimate of drug-likeness (QED) is 0.763. The van der Waals surface area contributed by atoms with E-state index >= 15 is 0 Å². The van der Waals surface area contributed by atoms with Crippen molar-refractivity contribution in [2.45, 2.75) is 61.3 Å². The molecule has 0 heterocycles. The van der Waals surface area contributed by atoms with Crippen molar-refractivity contribution >= 4 is 5.91 Å². The lowest BCUT2D eigenvalue weighted by Crippen LogP contribution is -2.36. The lowest BCUT2D eigenvalue weighted by molar-refractivity contribution is -0.123. The Kier molecular flexibility index (Phi) is 5.51. The van der Waals surface area contributed by atoms with Crippen LogP contribution >= 0.6 is 0 Å². The first-order chi connectivity index (χ1) is 7.02. The Morgan fingerprint density at radius 2 is 1.62 bits per heavy atom. The van der Waals surface area contributed by atoms with Crippen molar-refractivity contribution in [2.75, 3.05) is 6.54 Å². The van der Waals surface area contributed by atoms with E-state index < -0.39 is 0 Å². The van der Waals surface area contributed by atoms with Gasteiger partial charge in [0, 0.05) is 13.0 Å². The van der Waals surface area contributed by atoms with E-state index in [4.69, 9.17) is 0 Å². The van der Waals surface area contributed by atoms with E-state index in [1.54, 1.807) is 0 Å². The molecule has 1 N–H and O–H groups in total. The minimum Gasteiger partial charge on any atom is -0.356 e. The fourth-order valence-corrected chi connectivity index (χ4v) is 2.06. The van der Waals surface area contributed by atoms with Crippen molar-refractivity contribution in [2.24, 2.45) is 16.7 Å². The highest BCUT2D eigenvalue weighted by Gasteiger charge is 2.22. The van der Waals surface area contributed by atoms with Gasteiger partial charge in [-0.25, -0.2) is 0 Å². The molecular weight excluding hydrogens is 198 g/mol. The molecule has 0 spiro atoms. The second kappa shape index (κ2) is 5.70. The van der Waals surface area contributed by atoms with Crippen LogP contribution in [0.3, 0.4) is 0 Å². The van der Waals surface area contributed by atoms with Crippen LogP contribution in [0.4, 0.5) is 0 Å². The van der Waals surface area contributed by atoms with Crippen molar-refractivity contribution in [1.82, 2.24) is 5.32 Å². The first kappa shape index (κ1) is 15.5. The Labute approximate surface area is 101 Å². The number of carbonyl (C=O) groups is 1. The molecule has 0 saturated heterocycles. The summed E-state index contributed by atoms with van der Waals surface area (Å²) in [7, 11) is 0. The zero-order valence-electron chi connectivity index (χ0n) is 12.1. The molecule has 0 bridgehead atoms. The maximum atomic E-state index is 11.7. The largest absolute Gasteiger partial charge is 0.356 e. The number of amides is 1. The third-order valence-corrected chi connectivity index (χ3v) is 2.42. The van der Waals surface area contributed by atoms with E-state index in [-0.39, 0.29) is 16.7 Å². The summed E-state index contributed by atoms with van der Waals surface area (Å²) in [6.07, 6.45) is 1.74. The molecule has 0 atom stereocenters. The van der Waals surface area contributed by atoms with Crippen LogP contribution in [0, 0.1) is 16.7 Å². The fraction of sp³-hybridized carbons (Fsp3) is 0.929. The lowest BCUT2D eigenvalue weighted by atomic mass is 9.83. The Morgan fingerprint density at radius 3 is 2.00 bits per heavy atom. The first-order valence-electron chi connectivity index (χ1n) is 6.28. The van der Waals surface area contributed by atoms with Gasteiger partial charge in [0.1, 0.15) is 0 Å². The summed E-state index contributed by atoms with van der Waals surface area (Å²) in [6.45, 7) is 15.9. The van der Waals surface area contributed by atoms with Crippen LogP contribution < -0.4 is 5.32 Å². The van der Waals surface area contributed by atoms with Gasteiger partial charge in [-0.1, -0.05) is 48.5 Å². The predicted molar refractivity (Wildman–Crippen MR) is 70.3 cm³/mol. The smallest absolute Gasteiger partial charge is 0.220 e. The van der Waals surface area contributed by atoms with Gasteiger partial charge in [0.2, 0.25) is 5.91 Å². The summed E-state index contributed by atoms with van der Waals surface area (Å²) in [5.41, 5.74) is 0.272. The molecule has 96 valence electrons. The average Bonchev–Trinajstić information content (AvgIpc) is 1.95. The molecule has 2 nitrogen and oxygen atoms in total. The van der Waals surface area contributed by atoms with Gasteiger partial charge >= 0.3 is 0 Å². The summed E-state index contributed by atoms with van der Waals surface area (Å²) in [5.74, 6) is 0.846. The molecule has 0 fully saturated rings. The van der Waals surface area contributed by atoms with Gasteiger partial charge in [-0.2, -0.15) is 0 Å². The number of rotatable bonds is 5. The van der Waals surface area contributed by atoms with Crippen LogP contribution in [0.2, 0.25) is 0 Å². The Hall–Kier alpha value is -0.530. The fourth-order valence-electron chi connectivity index (χ4n) is 2.06. The topological polar surface area (TPSA) is 29.1 Å². The molecule has 0 aliphatic heterocycles. The first-order valence-corrected chi connectivity index (χ1v) is 6.28. The molecule has 0 aromatic carbocycles. The monoisotopic (exact) mass is 227 g/mol. The van der Waals surface area contributed by atoms with Crippen LogP contribution in [-0.4, -0.2) is 12.5 Å². The highest BCUT2D eigenvalue weighted by molar-refractivity contribution is 5.76. The van der Waals surface area contributed by atoms with Crippen LogP contribution in [0.5, 0.6) is 0 Å². The van der Waals surface area contributed by atoms with Crippen LogP contribution in [0.1, 0.15) is 61.3 Å². The van der Waals surface area contributed by atoms with E-state index in [2.05, 4.69) is 53.8 Å². The van der Waals surface area contributed by atoms with E-state index in [1.165, 1.54) is 0 Å². The van der Waals surface area contributed by atoms with Crippen molar-refractivity contribution in [1.29, 1.82) is 0 Å². The zero-order chi connectivity index (χ0) is 13.0. The lowest BCUT2D eigenvalue weighted by Gasteiger charge is -2.27. The van der Waals surface area contributed by atoms with Gasteiger partial charge in [0.15, 0.2) is 0 Å². The zero-order valence-corrected chi connectivity index (χ0v) is 12.1. The van der Waals surface area contributed by atoms with E-state index in [0.717, 1.165) is 13.0 Å². The van der Waals surface area contributed by atoms with E-state index in [9.17, 15) is 4.79 Å². The van der Waals surface area contributed by atoms with Crippen LogP contribution in [-0.2, 0) is 4.79 Å². The average molecular weight is 227 g/mol. The van der Waals surface area contributed by atoms with Gasteiger partial charge in [0.05, 0.1) is 0 Å². The number of carbonyl (C=O) groups excluding carboxylic acids is 1. The number of hydrogen-bond acceptors (Lipinski definition) is 1. The van der Waals surface area contributed by atoms with Crippen molar-refractivity contribution in [3.05, 3.63) is 0 Å². The summed E-state index contributed by atoms with van der Waals surface area (Å²) < 4.78 is 0. The second-order valence-corrected chi connectivity index (χ2v) is 7.28. The Bertz CT molecular complexity index is 223. The highest BCUT2D eigenvalue weighted by atomic mass is 16.1. The molecule has 0 rings (SSSR count). The molecule has 0 aromatic heterocycles. The second-order valence-electron chi connectivity index (χ2n) is 7.28. The molecule has 0 radical (unpaired) electrons. The molecule has 0 saturated carbocycles. The molecule has 1 amide bonds. The minimum atomic E-state index is 0.0757. The third-order valence-electron chi connectivity index (χ3n) is 2.42. The minimum absolute atomic E-state index is 0.0757. The van der Waals surface area contributed by atoms with Gasteiger partial charge in [-0.3, -0.25) is 4.79 Å². The van der Waals surface area contributed by atoms with Gasteiger partial charge in [0.25, 0.3) is 0 Å². The Balaban J connectivity index is 4.00. The summed E-state index contributed by atoms with van der Waals surface area (Å²) in [5, 5.41) is 3.05. The molecule has 2 heteroatoms. The molecule has 0 unspecified atom stereocenters. The maximum Gasteiger partial charge on any atom is 0.220 e. The molecule has 16 heavy (non-hydrogen) atoms. The molecule has 0 aliphatic rings. The van der Waals surface area contributed by atoms with Gasteiger partial charge in [-0.15, -0.1) is 0 Å². The highest BCUT2D eigenvalue weighted by Crippen LogP contribution is 2.24. The summed E-state index contributed by atoms with van der Waals surface area (Å²) >= 11 is 0. The normalized spacial score (nSPS) is 13.0. The SMILES string of the molecule is CC(C)CC(C)(C)CNC(=O)CC(C)(C)C. The van der Waals surface area contributed by atoms with Crippen molar-refractivity contribution < 1.29 is 4.79 Å². The summed E-state index contributed by atoms with van der Waals surface area (Å²) in [4.78, 5) is 11.7. The maximum absolute atomic E-state index is 11.7. The van der Waals surface area contributed by atoms with E-state index in [0.29, 0.717) is 12.3 Å². The number of hydrogen-bond donors (Lipinski definition) is 1. The molecule has 0 aromatic rings. The van der Waals surface area contributed by atoms with Gasteiger partial charge < -0.3 is 5.32 Å². The van der Waals surface area contributed by atoms with Crippen LogP contribution in [0.15, 0.2) is 0 Å². The number of nitrogens with one attached hydrogen (secondary N) is 1. The van der Waals surface area contributed by atoms with E-state index in [1.807, 2.05) is 0 Å². The summed E-state index contributed by atoms with van der Waals surface area (Å²) in [6, 6.07) is 0. The predicted octanol–water partition coefficient (Wildman–Crippen LogP) is 3.61.